The second-order valence-corrected chi connectivity index (χ2v) is 7.03. The fourth-order valence-corrected chi connectivity index (χ4v) is 3.66. The van der Waals surface area contributed by atoms with E-state index in [0.717, 1.165) is 43.8 Å². The van der Waals surface area contributed by atoms with E-state index in [1.54, 1.807) is 7.11 Å². The zero-order valence-electron chi connectivity index (χ0n) is 14.9. The maximum absolute atomic E-state index is 6.23. The van der Waals surface area contributed by atoms with Crippen molar-refractivity contribution in [2.75, 3.05) is 48.4 Å². The molecule has 26 heavy (non-hydrogen) atoms. The molecule has 0 unspecified atom stereocenters. The van der Waals surface area contributed by atoms with Crippen LogP contribution in [0, 0.1) is 0 Å². The van der Waals surface area contributed by atoms with Crippen molar-refractivity contribution in [1.29, 1.82) is 0 Å². The molecule has 4 rings (SSSR count). The lowest BCUT2D eigenvalue weighted by Crippen LogP contribution is -2.25. The number of rotatable bonds is 5. The summed E-state index contributed by atoms with van der Waals surface area (Å²) in [7, 11) is 1.60. The molecule has 2 aliphatic heterocycles. The van der Waals surface area contributed by atoms with E-state index in [1.807, 2.05) is 18.2 Å². The zero-order valence-corrected chi connectivity index (χ0v) is 15.7. The van der Waals surface area contributed by atoms with Crippen molar-refractivity contribution in [3.8, 4) is 5.75 Å². The molecule has 2 saturated heterocycles. The molecule has 8 heteroatoms. The summed E-state index contributed by atoms with van der Waals surface area (Å²) in [5, 5.41) is 3.82. The zero-order chi connectivity index (χ0) is 17.9. The van der Waals surface area contributed by atoms with Gasteiger partial charge in [-0.25, -0.2) is 0 Å². The number of nitrogens with one attached hydrogen (secondary N) is 1. The van der Waals surface area contributed by atoms with Gasteiger partial charge in [-0.3, -0.25) is 0 Å². The van der Waals surface area contributed by atoms with Gasteiger partial charge in [0.2, 0.25) is 17.8 Å². The van der Waals surface area contributed by atoms with Gasteiger partial charge < -0.3 is 19.9 Å². The molecule has 1 aromatic heterocycles. The molecule has 1 N–H and O–H groups in total. The third-order valence-electron chi connectivity index (χ3n) is 4.80. The molecule has 138 valence electrons. The van der Waals surface area contributed by atoms with Gasteiger partial charge in [0.25, 0.3) is 0 Å². The largest absolute Gasteiger partial charge is 0.495 e. The lowest BCUT2D eigenvalue weighted by molar-refractivity contribution is 0.415. The fraction of sp³-hybridized carbons (Fsp3) is 0.500. The Bertz CT molecular complexity index is 740. The van der Waals surface area contributed by atoms with Crippen molar-refractivity contribution in [3.05, 3.63) is 23.2 Å². The van der Waals surface area contributed by atoms with E-state index in [4.69, 9.17) is 21.3 Å². The van der Waals surface area contributed by atoms with E-state index in [9.17, 15) is 0 Å². The molecule has 3 heterocycles. The van der Waals surface area contributed by atoms with Crippen LogP contribution >= 0.6 is 11.6 Å². The number of hydrogen-bond donors (Lipinski definition) is 1. The van der Waals surface area contributed by atoms with E-state index in [0.29, 0.717) is 16.7 Å². The summed E-state index contributed by atoms with van der Waals surface area (Å²) in [6, 6.07) is 5.55. The Kier molecular flexibility index (Phi) is 4.97. The Morgan fingerprint density at radius 1 is 0.923 bits per heavy atom. The van der Waals surface area contributed by atoms with Crippen molar-refractivity contribution in [2.45, 2.75) is 25.7 Å². The molecule has 0 atom stereocenters. The van der Waals surface area contributed by atoms with E-state index < -0.39 is 0 Å². The number of anilines is 4. The fourth-order valence-electron chi connectivity index (χ4n) is 3.40. The van der Waals surface area contributed by atoms with Gasteiger partial charge in [0.15, 0.2) is 0 Å². The monoisotopic (exact) mass is 374 g/mol. The summed E-state index contributed by atoms with van der Waals surface area (Å²) in [6.45, 7) is 3.99. The van der Waals surface area contributed by atoms with Gasteiger partial charge in [-0.1, -0.05) is 11.6 Å². The summed E-state index contributed by atoms with van der Waals surface area (Å²) >= 11 is 6.23. The van der Waals surface area contributed by atoms with Crippen LogP contribution in [0.4, 0.5) is 23.5 Å². The summed E-state index contributed by atoms with van der Waals surface area (Å²) < 4.78 is 5.21. The first kappa shape index (κ1) is 17.1. The second-order valence-electron chi connectivity index (χ2n) is 6.62. The average Bonchev–Trinajstić information content (AvgIpc) is 3.35. The Morgan fingerprint density at radius 2 is 1.50 bits per heavy atom. The van der Waals surface area contributed by atoms with Crippen LogP contribution in [0.1, 0.15) is 25.7 Å². The molecule has 1 aromatic carbocycles. The predicted molar refractivity (Wildman–Crippen MR) is 104 cm³/mol. The highest BCUT2D eigenvalue weighted by molar-refractivity contribution is 6.32. The van der Waals surface area contributed by atoms with E-state index in [2.05, 4.69) is 25.1 Å². The third-order valence-corrected chi connectivity index (χ3v) is 5.09. The number of methoxy groups -OCH3 is 1. The average molecular weight is 375 g/mol. The summed E-state index contributed by atoms with van der Waals surface area (Å²) in [5.74, 6) is 2.69. The van der Waals surface area contributed by atoms with Crippen molar-refractivity contribution in [2.24, 2.45) is 0 Å². The number of halogens is 1. The lowest BCUT2D eigenvalue weighted by atomic mass is 10.3. The first-order valence-electron chi connectivity index (χ1n) is 9.09. The number of ether oxygens (including phenoxy) is 1. The minimum atomic E-state index is 0.546. The van der Waals surface area contributed by atoms with Gasteiger partial charge in [0.05, 0.1) is 12.1 Å². The molecule has 0 radical (unpaired) electrons. The maximum atomic E-state index is 6.23. The number of nitrogens with zero attached hydrogens (tertiary/aromatic N) is 5. The van der Waals surface area contributed by atoms with Crippen molar-refractivity contribution >= 4 is 35.1 Å². The smallest absolute Gasteiger partial charge is 0.233 e. The molecule has 0 amide bonds. The molecule has 2 fully saturated rings. The molecular weight excluding hydrogens is 352 g/mol. The van der Waals surface area contributed by atoms with Crippen LogP contribution in [-0.4, -0.2) is 48.2 Å². The maximum Gasteiger partial charge on any atom is 0.233 e. The Hall–Kier alpha value is -2.28. The standard InChI is InChI=1S/C18H23ClN6O/c1-26-15-7-6-13(12-14(15)19)20-16-21-17(24-8-2-3-9-24)23-18(22-16)25-10-4-5-11-25/h6-7,12H,2-5,8-11H2,1H3,(H,20,21,22,23). The number of aromatic nitrogens is 3. The molecule has 0 bridgehead atoms. The molecule has 0 saturated carbocycles. The van der Waals surface area contributed by atoms with E-state index in [1.165, 1.54) is 25.7 Å². The van der Waals surface area contributed by atoms with Gasteiger partial charge in [-0.2, -0.15) is 15.0 Å². The Balaban J connectivity index is 1.64. The van der Waals surface area contributed by atoms with Gasteiger partial charge >= 0.3 is 0 Å². The number of hydrogen-bond acceptors (Lipinski definition) is 7. The Morgan fingerprint density at radius 3 is 2.00 bits per heavy atom. The minimum Gasteiger partial charge on any atom is -0.495 e. The van der Waals surface area contributed by atoms with Crippen LogP contribution in [0.15, 0.2) is 18.2 Å². The topological polar surface area (TPSA) is 66.4 Å². The molecule has 0 spiro atoms. The molecule has 7 nitrogen and oxygen atoms in total. The van der Waals surface area contributed by atoms with Gasteiger partial charge in [0.1, 0.15) is 5.75 Å². The van der Waals surface area contributed by atoms with Crippen LogP contribution in [0.3, 0.4) is 0 Å². The highest BCUT2D eigenvalue weighted by Crippen LogP contribution is 2.29. The first-order chi connectivity index (χ1) is 12.7. The Labute approximate surface area is 158 Å². The van der Waals surface area contributed by atoms with Crippen LogP contribution in [-0.2, 0) is 0 Å². The molecular formula is C18H23ClN6O. The predicted octanol–water partition coefficient (Wildman–Crippen LogP) is 3.48. The van der Waals surface area contributed by atoms with Gasteiger partial charge in [-0.05, 0) is 43.9 Å². The van der Waals surface area contributed by atoms with Crippen LogP contribution in [0.5, 0.6) is 5.75 Å². The van der Waals surface area contributed by atoms with Crippen molar-refractivity contribution in [3.63, 3.8) is 0 Å². The first-order valence-corrected chi connectivity index (χ1v) is 9.47. The summed E-state index contributed by atoms with van der Waals surface area (Å²) in [4.78, 5) is 18.5. The van der Waals surface area contributed by atoms with Crippen LogP contribution in [0.25, 0.3) is 0 Å². The third kappa shape index (κ3) is 3.62. The highest BCUT2D eigenvalue weighted by Gasteiger charge is 2.21. The van der Waals surface area contributed by atoms with Crippen molar-refractivity contribution < 1.29 is 4.74 Å². The number of benzene rings is 1. The van der Waals surface area contributed by atoms with Crippen LogP contribution in [0.2, 0.25) is 5.02 Å². The quantitative estimate of drug-likeness (QED) is 0.859. The van der Waals surface area contributed by atoms with Gasteiger partial charge in [0, 0.05) is 31.9 Å². The van der Waals surface area contributed by atoms with Crippen molar-refractivity contribution in [1.82, 2.24) is 15.0 Å². The lowest BCUT2D eigenvalue weighted by Gasteiger charge is -2.20. The van der Waals surface area contributed by atoms with Crippen LogP contribution < -0.4 is 19.9 Å². The summed E-state index contributed by atoms with van der Waals surface area (Å²) in [6.07, 6.45) is 4.73. The minimum absolute atomic E-state index is 0.546. The van der Waals surface area contributed by atoms with E-state index in [-0.39, 0.29) is 0 Å². The normalized spacial score (nSPS) is 17.0. The second kappa shape index (κ2) is 7.53. The molecule has 2 aromatic rings. The summed E-state index contributed by atoms with van der Waals surface area (Å²) in [5.41, 5.74) is 0.821. The van der Waals surface area contributed by atoms with E-state index >= 15 is 0 Å². The molecule has 2 aliphatic rings. The SMILES string of the molecule is COc1ccc(Nc2nc(N3CCCC3)nc(N3CCCC3)n2)cc1Cl. The van der Waals surface area contributed by atoms with Gasteiger partial charge in [-0.15, -0.1) is 0 Å². The highest BCUT2D eigenvalue weighted by atomic mass is 35.5. The molecule has 0 aliphatic carbocycles.